The first-order chi connectivity index (χ1) is 10.8. The first-order valence-corrected chi connectivity index (χ1v) is 7.64. The van der Waals surface area contributed by atoms with Crippen LogP contribution in [-0.4, -0.2) is 13.6 Å². The maximum atomic E-state index is 13.9. The molecule has 0 saturated carbocycles. The summed E-state index contributed by atoms with van der Waals surface area (Å²) in [5, 5.41) is 5.70. The highest BCUT2D eigenvalue weighted by Gasteiger charge is 2.14. The summed E-state index contributed by atoms with van der Waals surface area (Å²) in [6.45, 7) is 0.826. The third-order valence-corrected chi connectivity index (χ3v) is 4.12. The standard InChI is InChI=1S/C20H20FN/c1-22-14-19(13-18-8-4-5-9-20(18)21)17-11-10-15-6-2-3-7-16(15)12-17/h2-12,19,22H,13-14H2,1H3/t19-/m1/s1. The van der Waals surface area contributed by atoms with E-state index in [9.17, 15) is 4.39 Å². The van der Waals surface area contributed by atoms with Gasteiger partial charge in [-0.25, -0.2) is 4.39 Å². The van der Waals surface area contributed by atoms with Gasteiger partial charge in [-0.1, -0.05) is 60.7 Å². The molecule has 1 atom stereocenters. The second-order valence-electron chi connectivity index (χ2n) is 5.66. The van der Waals surface area contributed by atoms with E-state index in [0.29, 0.717) is 6.42 Å². The molecule has 0 spiro atoms. The Hall–Kier alpha value is -2.19. The molecular formula is C20H20FN. The van der Waals surface area contributed by atoms with E-state index in [2.05, 4.69) is 41.7 Å². The lowest BCUT2D eigenvalue weighted by Crippen LogP contribution is -2.19. The fourth-order valence-electron chi connectivity index (χ4n) is 2.95. The quantitative estimate of drug-likeness (QED) is 0.729. The first kappa shape index (κ1) is 14.7. The highest BCUT2D eigenvalue weighted by Crippen LogP contribution is 2.25. The highest BCUT2D eigenvalue weighted by atomic mass is 19.1. The predicted molar refractivity (Wildman–Crippen MR) is 90.7 cm³/mol. The molecule has 2 heteroatoms. The summed E-state index contributed by atoms with van der Waals surface area (Å²) < 4.78 is 13.9. The van der Waals surface area contributed by atoms with Gasteiger partial charge in [0.25, 0.3) is 0 Å². The van der Waals surface area contributed by atoms with Crippen LogP contribution in [0.15, 0.2) is 66.7 Å². The van der Waals surface area contributed by atoms with Crippen molar-refractivity contribution in [1.29, 1.82) is 0 Å². The van der Waals surface area contributed by atoms with Crippen LogP contribution in [0.5, 0.6) is 0 Å². The van der Waals surface area contributed by atoms with Gasteiger partial charge in [-0.3, -0.25) is 0 Å². The average molecular weight is 293 g/mol. The van der Waals surface area contributed by atoms with Gasteiger partial charge in [-0.05, 0) is 41.4 Å². The Labute approximate surface area is 130 Å². The minimum Gasteiger partial charge on any atom is -0.319 e. The van der Waals surface area contributed by atoms with E-state index in [4.69, 9.17) is 0 Å². The van der Waals surface area contributed by atoms with Crippen LogP contribution in [0.1, 0.15) is 17.0 Å². The van der Waals surface area contributed by atoms with Crippen LogP contribution in [0.2, 0.25) is 0 Å². The molecule has 0 saturated heterocycles. The molecule has 1 N–H and O–H groups in total. The van der Waals surface area contributed by atoms with Gasteiger partial charge in [0.2, 0.25) is 0 Å². The van der Waals surface area contributed by atoms with E-state index in [1.54, 1.807) is 6.07 Å². The molecule has 0 radical (unpaired) electrons. The van der Waals surface area contributed by atoms with Crippen LogP contribution in [0.25, 0.3) is 10.8 Å². The van der Waals surface area contributed by atoms with Gasteiger partial charge in [0.05, 0.1) is 0 Å². The van der Waals surface area contributed by atoms with Crippen LogP contribution in [0, 0.1) is 5.82 Å². The Kier molecular flexibility index (Phi) is 4.50. The third-order valence-electron chi connectivity index (χ3n) is 4.12. The highest BCUT2D eigenvalue weighted by molar-refractivity contribution is 5.83. The summed E-state index contributed by atoms with van der Waals surface area (Å²) in [4.78, 5) is 0. The lowest BCUT2D eigenvalue weighted by atomic mass is 9.90. The summed E-state index contributed by atoms with van der Waals surface area (Å²) in [7, 11) is 1.94. The molecule has 0 aliphatic heterocycles. The van der Waals surface area contributed by atoms with E-state index in [0.717, 1.165) is 12.1 Å². The van der Waals surface area contributed by atoms with Crippen molar-refractivity contribution in [3.63, 3.8) is 0 Å². The van der Waals surface area contributed by atoms with Crippen molar-refractivity contribution in [1.82, 2.24) is 5.32 Å². The summed E-state index contributed by atoms with van der Waals surface area (Å²) in [6, 6.07) is 21.9. The van der Waals surface area contributed by atoms with Gasteiger partial charge >= 0.3 is 0 Å². The normalized spacial score (nSPS) is 12.5. The first-order valence-electron chi connectivity index (χ1n) is 7.64. The maximum Gasteiger partial charge on any atom is 0.126 e. The smallest absolute Gasteiger partial charge is 0.126 e. The Morgan fingerprint density at radius 3 is 2.41 bits per heavy atom. The second kappa shape index (κ2) is 6.71. The Bertz CT molecular complexity index is 766. The Balaban J connectivity index is 1.93. The van der Waals surface area contributed by atoms with E-state index < -0.39 is 0 Å². The number of likely N-dealkylation sites (N-methyl/N-ethyl adjacent to an activating group) is 1. The van der Waals surface area contributed by atoms with Gasteiger partial charge in [0.1, 0.15) is 5.82 Å². The summed E-state index contributed by atoms with van der Waals surface area (Å²) in [5.41, 5.74) is 2.02. The topological polar surface area (TPSA) is 12.0 Å². The zero-order valence-corrected chi connectivity index (χ0v) is 12.7. The fourth-order valence-corrected chi connectivity index (χ4v) is 2.95. The van der Waals surface area contributed by atoms with E-state index >= 15 is 0 Å². The molecular weight excluding hydrogens is 273 g/mol. The van der Waals surface area contributed by atoms with Crippen molar-refractivity contribution in [2.75, 3.05) is 13.6 Å². The zero-order chi connectivity index (χ0) is 15.4. The van der Waals surface area contributed by atoms with Crippen LogP contribution in [-0.2, 0) is 6.42 Å². The minimum atomic E-state index is -0.121. The molecule has 22 heavy (non-hydrogen) atoms. The molecule has 0 bridgehead atoms. The molecule has 0 aliphatic carbocycles. The lowest BCUT2D eigenvalue weighted by molar-refractivity contribution is 0.575. The molecule has 0 unspecified atom stereocenters. The van der Waals surface area contributed by atoms with Gasteiger partial charge < -0.3 is 5.32 Å². The van der Waals surface area contributed by atoms with Crippen molar-refractivity contribution >= 4 is 10.8 Å². The van der Waals surface area contributed by atoms with E-state index in [1.165, 1.54) is 22.4 Å². The van der Waals surface area contributed by atoms with Crippen molar-refractivity contribution in [2.45, 2.75) is 12.3 Å². The van der Waals surface area contributed by atoms with E-state index in [-0.39, 0.29) is 11.7 Å². The number of hydrogen-bond donors (Lipinski definition) is 1. The molecule has 0 aliphatic rings. The van der Waals surface area contributed by atoms with Crippen molar-refractivity contribution < 1.29 is 4.39 Å². The Morgan fingerprint density at radius 1 is 0.909 bits per heavy atom. The lowest BCUT2D eigenvalue weighted by Gasteiger charge is -2.18. The van der Waals surface area contributed by atoms with Gasteiger partial charge in [0, 0.05) is 12.5 Å². The molecule has 3 aromatic rings. The third kappa shape index (κ3) is 3.18. The SMILES string of the molecule is CNC[C@@H](Cc1ccccc1F)c1ccc2ccccc2c1. The predicted octanol–water partition coefficient (Wildman–Crippen LogP) is 4.52. The van der Waals surface area contributed by atoms with Gasteiger partial charge in [-0.15, -0.1) is 0 Å². The molecule has 3 rings (SSSR count). The molecule has 0 fully saturated rings. The molecule has 3 aromatic carbocycles. The average Bonchev–Trinajstić information content (AvgIpc) is 2.56. The number of nitrogens with one attached hydrogen (secondary N) is 1. The largest absolute Gasteiger partial charge is 0.319 e. The molecule has 0 heterocycles. The van der Waals surface area contributed by atoms with Crippen molar-refractivity contribution in [3.8, 4) is 0 Å². The Morgan fingerprint density at radius 2 is 1.64 bits per heavy atom. The van der Waals surface area contributed by atoms with Crippen LogP contribution in [0.4, 0.5) is 4.39 Å². The number of benzene rings is 3. The van der Waals surface area contributed by atoms with Gasteiger partial charge in [-0.2, -0.15) is 0 Å². The van der Waals surface area contributed by atoms with Gasteiger partial charge in [0.15, 0.2) is 0 Å². The number of halogens is 1. The minimum absolute atomic E-state index is 0.121. The van der Waals surface area contributed by atoms with Crippen LogP contribution < -0.4 is 5.32 Å². The fraction of sp³-hybridized carbons (Fsp3) is 0.200. The monoisotopic (exact) mass is 293 g/mol. The number of hydrogen-bond acceptors (Lipinski definition) is 1. The van der Waals surface area contributed by atoms with Crippen molar-refractivity contribution in [3.05, 3.63) is 83.7 Å². The van der Waals surface area contributed by atoms with Crippen LogP contribution in [0.3, 0.4) is 0 Å². The van der Waals surface area contributed by atoms with E-state index in [1.807, 2.05) is 25.2 Å². The van der Waals surface area contributed by atoms with Crippen LogP contribution >= 0.6 is 0 Å². The molecule has 0 aromatic heterocycles. The maximum absolute atomic E-state index is 13.9. The zero-order valence-electron chi connectivity index (χ0n) is 12.7. The summed E-state index contributed by atoms with van der Waals surface area (Å²) >= 11 is 0. The second-order valence-corrected chi connectivity index (χ2v) is 5.66. The summed E-state index contributed by atoms with van der Waals surface area (Å²) in [6.07, 6.45) is 0.700. The molecule has 1 nitrogen and oxygen atoms in total. The summed E-state index contributed by atoms with van der Waals surface area (Å²) in [5.74, 6) is 0.135. The number of rotatable bonds is 5. The molecule has 112 valence electrons. The molecule has 0 amide bonds. The number of fused-ring (bicyclic) bond motifs is 1. The van der Waals surface area contributed by atoms with Crippen molar-refractivity contribution in [2.24, 2.45) is 0 Å².